The number of hydrogen-bond donors (Lipinski definition) is 1. The minimum Gasteiger partial charge on any atom is -0.326 e. The highest BCUT2D eigenvalue weighted by Gasteiger charge is 2.33. The monoisotopic (exact) mass is 336 g/mol. The second kappa shape index (κ2) is 6.60. The Balaban J connectivity index is 2.41. The number of thioether (sulfide) groups is 1. The first-order chi connectivity index (χ1) is 9.90. The summed E-state index contributed by atoms with van der Waals surface area (Å²) in [5.74, 6) is -1.87. The molecule has 118 valence electrons. The Morgan fingerprint density at radius 3 is 2.76 bits per heavy atom. The number of nitrogens with two attached hydrogens (primary N) is 1. The van der Waals surface area contributed by atoms with Gasteiger partial charge in [0.2, 0.25) is 10.0 Å². The zero-order valence-corrected chi connectivity index (χ0v) is 13.3. The maximum atomic E-state index is 13.9. The van der Waals surface area contributed by atoms with Gasteiger partial charge in [-0.1, -0.05) is 6.92 Å². The van der Waals surface area contributed by atoms with E-state index in [1.807, 2.05) is 6.92 Å². The van der Waals surface area contributed by atoms with Gasteiger partial charge in [0, 0.05) is 30.6 Å². The van der Waals surface area contributed by atoms with Gasteiger partial charge in [0.1, 0.15) is 4.90 Å². The van der Waals surface area contributed by atoms with E-state index >= 15 is 0 Å². The van der Waals surface area contributed by atoms with E-state index < -0.39 is 26.6 Å². The molecule has 1 aromatic rings. The number of nitrogens with zero attached hydrogens (tertiary/aromatic N) is 1. The molecule has 0 aromatic heterocycles. The number of sulfonamides is 1. The highest BCUT2D eigenvalue weighted by Crippen LogP contribution is 2.28. The van der Waals surface area contributed by atoms with E-state index in [1.165, 1.54) is 4.31 Å². The molecule has 21 heavy (non-hydrogen) atoms. The van der Waals surface area contributed by atoms with Crippen molar-refractivity contribution in [2.24, 2.45) is 5.73 Å². The zero-order chi connectivity index (χ0) is 15.6. The highest BCUT2D eigenvalue weighted by molar-refractivity contribution is 8.00. The smallest absolute Gasteiger partial charge is 0.246 e. The Morgan fingerprint density at radius 2 is 2.14 bits per heavy atom. The molecule has 1 saturated heterocycles. The lowest BCUT2D eigenvalue weighted by atomic mass is 10.2. The maximum Gasteiger partial charge on any atom is 0.246 e. The van der Waals surface area contributed by atoms with E-state index in [9.17, 15) is 17.2 Å². The molecule has 2 N–H and O–H groups in total. The molecule has 0 saturated carbocycles. The standard InChI is InChI=1S/C13H18F2N2O2S2/c1-2-10-8-17(3-4-20-10)21(18,19)12-6-9(7-16)5-11(14)13(12)15/h5-6,10H,2-4,7-8,16H2,1H3. The minimum absolute atomic E-state index is 0.0485. The fraction of sp³-hybridized carbons (Fsp3) is 0.538. The second-order valence-corrected chi connectivity index (χ2v) is 8.17. The average molecular weight is 336 g/mol. The molecule has 1 atom stereocenters. The van der Waals surface area contributed by atoms with Gasteiger partial charge in [-0.2, -0.15) is 16.1 Å². The number of rotatable bonds is 4. The van der Waals surface area contributed by atoms with Gasteiger partial charge in [0.05, 0.1) is 0 Å². The molecule has 8 heteroatoms. The van der Waals surface area contributed by atoms with Crippen molar-refractivity contribution in [3.05, 3.63) is 29.3 Å². The van der Waals surface area contributed by atoms with Gasteiger partial charge >= 0.3 is 0 Å². The van der Waals surface area contributed by atoms with Crippen molar-refractivity contribution in [3.8, 4) is 0 Å². The molecule has 0 amide bonds. The van der Waals surface area contributed by atoms with Crippen molar-refractivity contribution in [2.45, 2.75) is 30.0 Å². The Labute approximate surface area is 127 Å². The first-order valence-corrected chi connectivity index (χ1v) is 9.18. The molecular formula is C13H18F2N2O2S2. The van der Waals surface area contributed by atoms with Crippen molar-refractivity contribution >= 4 is 21.8 Å². The van der Waals surface area contributed by atoms with Gasteiger partial charge in [0.25, 0.3) is 0 Å². The largest absolute Gasteiger partial charge is 0.326 e. The second-order valence-electron chi connectivity index (χ2n) is 4.86. The van der Waals surface area contributed by atoms with Crippen LogP contribution in [0.3, 0.4) is 0 Å². The van der Waals surface area contributed by atoms with Gasteiger partial charge in [-0.25, -0.2) is 17.2 Å². The molecule has 0 spiro atoms. The van der Waals surface area contributed by atoms with Crippen LogP contribution in [0.2, 0.25) is 0 Å². The van der Waals surface area contributed by atoms with Crippen LogP contribution in [0, 0.1) is 11.6 Å². The number of hydrogen-bond acceptors (Lipinski definition) is 4. The molecule has 4 nitrogen and oxygen atoms in total. The first-order valence-electron chi connectivity index (χ1n) is 6.69. The molecule has 1 aliphatic rings. The summed E-state index contributed by atoms with van der Waals surface area (Å²) in [4.78, 5) is -0.621. The van der Waals surface area contributed by atoms with E-state index in [-0.39, 0.29) is 17.4 Å². The summed E-state index contributed by atoms with van der Waals surface area (Å²) in [5.41, 5.74) is 5.66. The molecule has 1 aromatic carbocycles. The summed E-state index contributed by atoms with van der Waals surface area (Å²) in [6, 6.07) is 2.05. The van der Waals surface area contributed by atoms with Crippen molar-refractivity contribution in [3.63, 3.8) is 0 Å². The molecule has 1 aliphatic heterocycles. The normalized spacial score (nSPS) is 20.7. The van der Waals surface area contributed by atoms with E-state index in [2.05, 4.69) is 0 Å². The zero-order valence-electron chi connectivity index (χ0n) is 11.7. The van der Waals surface area contributed by atoms with Gasteiger partial charge in [-0.15, -0.1) is 0 Å². The summed E-state index contributed by atoms with van der Waals surface area (Å²) in [6.45, 7) is 2.55. The third kappa shape index (κ3) is 3.39. The van der Waals surface area contributed by atoms with Crippen molar-refractivity contribution in [1.29, 1.82) is 0 Å². The van der Waals surface area contributed by atoms with Crippen LogP contribution < -0.4 is 5.73 Å². The highest BCUT2D eigenvalue weighted by atomic mass is 32.2. The summed E-state index contributed by atoms with van der Waals surface area (Å²) in [6.07, 6.45) is 0.830. The van der Waals surface area contributed by atoms with Crippen molar-refractivity contribution < 1.29 is 17.2 Å². The fourth-order valence-electron chi connectivity index (χ4n) is 2.22. The summed E-state index contributed by atoms with van der Waals surface area (Å²) < 4.78 is 53.8. The van der Waals surface area contributed by atoms with Gasteiger partial charge in [-0.05, 0) is 24.1 Å². The van der Waals surface area contributed by atoms with Gasteiger partial charge in [0.15, 0.2) is 11.6 Å². The number of benzene rings is 1. The fourth-order valence-corrected chi connectivity index (χ4v) is 5.22. The summed E-state index contributed by atoms with van der Waals surface area (Å²) >= 11 is 1.70. The maximum absolute atomic E-state index is 13.9. The van der Waals surface area contributed by atoms with E-state index in [1.54, 1.807) is 11.8 Å². The molecule has 0 aliphatic carbocycles. The van der Waals surface area contributed by atoms with Crippen LogP contribution >= 0.6 is 11.8 Å². The molecule has 0 radical (unpaired) electrons. The van der Waals surface area contributed by atoms with Gasteiger partial charge < -0.3 is 5.73 Å². The van der Waals surface area contributed by atoms with Gasteiger partial charge in [-0.3, -0.25) is 0 Å². The molecule has 2 rings (SSSR count). The molecule has 1 unspecified atom stereocenters. The summed E-state index contributed by atoms with van der Waals surface area (Å²) in [5, 5.41) is 0.180. The Hall–Kier alpha value is -0.700. The quantitative estimate of drug-likeness (QED) is 0.913. The topological polar surface area (TPSA) is 63.4 Å². The van der Waals surface area contributed by atoms with E-state index in [0.717, 1.165) is 18.6 Å². The predicted octanol–water partition coefficient (Wildman–Crippen LogP) is 1.94. The number of halogens is 2. The lowest BCUT2D eigenvalue weighted by molar-refractivity contribution is 0.408. The van der Waals surface area contributed by atoms with Crippen LogP contribution in [-0.4, -0.2) is 36.8 Å². The minimum atomic E-state index is -4.04. The van der Waals surface area contributed by atoms with Crippen LogP contribution in [0.25, 0.3) is 0 Å². The van der Waals surface area contributed by atoms with Crippen LogP contribution in [0.15, 0.2) is 17.0 Å². The SMILES string of the molecule is CCC1CN(S(=O)(=O)c2cc(CN)cc(F)c2F)CCS1. The average Bonchev–Trinajstić information content (AvgIpc) is 2.49. The lowest BCUT2D eigenvalue weighted by Gasteiger charge is -2.31. The predicted molar refractivity (Wildman–Crippen MR) is 79.5 cm³/mol. The first kappa shape index (κ1) is 16.7. The Morgan fingerprint density at radius 1 is 1.43 bits per heavy atom. The molecular weight excluding hydrogens is 318 g/mol. The van der Waals surface area contributed by atoms with Crippen LogP contribution in [0.5, 0.6) is 0 Å². The third-order valence-corrected chi connectivity index (χ3v) is 6.70. The van der Waals surface area contributed by atoms with E-state index in [0.29, 0.717) is 18.8 Å². The summed E-state index contributed by atoms with van der Waals surface area (Å²) in [7, 11) is -4.04. The molecule has 1 fully saturated rings. The Bertz CT molecular complexity index is 623. The molecule has 0 bridgehead atoms. The van der Waals surface area contributed by atoms with Crippen LogP contribution in [0.4, 0.5) is 8.78 Å². The van der Waals surface area contributed by atoms with Crippen molar-refractivity contribution in [2.75, 3.05) is 18.8 Å². The lowest BCUT2D eigenvalue weighted by Crippen LogP contribution is -2.42. The third-order valence-electron chi connectivity index (χ3n) is 3.47. The van der Waals surface area contributed by atoms with Crippen molar-refractivity contribution in [1.82, 2.24) is 4.31 Å². The van der Waals surface area contributed by atoms with E-state index in [4.69, 9.17) is 5.73 Å². The Kier molecular flexibility index (Phi) is 5.24. The van der Waals surface area contributed by atoms with Crippen LogP contribution in [-0.2, 0) is 16.6 Å². The van der Waals surface area contributed by atoms with Crippen LogP contribution in [0.1, 0.15) is 18.9 Å². The molecule has 1 heterocycles.